The van der Waals surface area contributed by atoms with Gasteiger partial charge in [0.1, 0.15) is 5.82 Å². The minimum absolute atomic E-state index is 0.155. The Bertz CT molecular complexity index is 716. The topological polar surface area (TPSA) is 3.24 Å². The summed E-state index contributed by atoms with van der Waals surface area (Å²) in [4.78, 5) is 2.68. The Morgan fingerprint density at radius 3 is 2.61 bits per heavy atom. The highest BCUT2D eigenvalue weighted by Crippen LogP contribution is 2.31. The first-order chi connectivity index (χ1) is 11.2. The van der Waals surface area contributed by atoms with E-state index < -0.39 is 0 Å². The summed E-state index contributed by atoms with van der Waals surface area (Å²) in [5.41, 5.74) is 6.38. The van der Waals surface area contributed by atoms with E-state index in [4.69, 9.17) is 0 Å². The molecule has 1 aliphatic heterocycles. The third-order valence-electron chi connectivity index (χ3n) is 5.57. The number of likely N-dealkylation sites (tertiary alicyclic amines) is 1. The SMILES string of the molecule is Cc1cc(F)ccc1-c1ccc2c(c1)CCC(N1CCCC1)C2. The second kappa shape index (κ2) is 6.09. The number of hydrogen-bond acceptors (Lipinski definition) is 1. The van der Waals surface area contributed by atoms with E-state index in [9.17, 15) is 4.39 Å². The smallest absolute Gasteiger partial charge is 0.123 e. The zero-order valence-electron chi connectivity index (χ0n) is 13.8. The molecule has 23 heavy (non-hydrogen) atoms. The molecule has 0 bridgehead atoms. The molecule has 0 amide bonds. The van der Waals surface area contributed by atoms with E-state index in [1.54, 1.807) is 12.1 Å². The maximum atomic E-state index is 13.3. The molecule has 2 aromatic rings. The summed E-state index contributed by atoms with van der Waals surface area (Å²) in [7, 11) is 0. The quantitative estimate of drug-likeness (QED) is 0.773. The number of benzene rings is 2. The van der Waals surface area contributed by atoms with E-state index >= 15 is 0 Å². The number of rotatable bonds is 2. The highest BCUT2D eigenvalue weighted by molar-refractivity contribution is 5.68. The Hall–Kier alpha value is -1.67. The zero-order valence-corrected chi connectivity index (χ0v) is 13.8. The van der Waals surface area contributed by atoms with Gasteiger partial charge in [0.15, 0.2) is 0 Å². The monoisotopic (exact) mass is 309 g/mol. The molecule has 0 aromatic heterocycles. The van der Waals surface area contributed by atoms with Crippen molar-refractivity contribution in [1.82, 2.24) is 4.90 Å². The van der Waals surface area contributed by atoms with Crippen LogP contribution in [0.4, 0.5) is 4.39 Å². The molecule has 0 N–H and O–H groups in total. The maximum absolute atomic E-state index is 13.3. The normalized spacial score (nSPS) is 21.4. The highest BCUT2D eigenvalue weighted by Gasteiger charge is 2.26. The van der Waals surface area contributed by atoms with E-state index in [1.807, 2.05) is 13.0 Å². The van der Waals surface area contributed by atoms with Crippen LogP contribution in [-0.2, 0) is 12.8 Å². The van der Waals surface area contributed by atoms with Crippen LogP contribution in [0.3, 0.4) is 0 Å². The predicted octanol–water partition coefficient (Wildman–Crippen LogP) is 4.75. The van der Waals surface area contributed by atoms with E-state index in [2.05, 4.69) is 23.1 Å². The Labute approximate surface area is 138 Å². The fourth-order valence-electron chi connectivity index (χ4n) is 4.27. The maximum Gasteiger partial charge on any atom is 0.123 e. The first-order valence-corrected chi connectivity index (χ1v) is 8.83. The van der Waals surface area contributed by atoms with Crippen LogP contribution in [0.15, 0.2) is 36.4 Å². The Morgan fingerprint density at radius 1 is 1.00 bits per heavy atom. The summed E-state index contributed by atoms with van der Waals surface area (Å²) in [6.45, 7) is 4.56. The van der Waals surface area contributed by atoms with Gasteiger partial charge in [0.2, 0.25) is 0 Å². The molecular weight excluding hydrogens is 285 g/mol. The molecule has 1 fully saturated rings. The molecule has 1 unspecified atom stereocenters. The van der Waals surface area contributed by atoms with Gasteiger partial charge in [0, 0.05) is 6.04 Å². The van der Waals surface area contributed by atoms with Crippen molar-refractivity contribution in [3.63, 3.8) is 0 Å². The van der Waals surface area contributed by atoms with Crippen molar-refractivity contribution in [2.75, 3.05) is 13.1 Å². The number of hydrogen-bond donors (Lipinski definition) is 0. The third-order valence-corrected chi connectivity index (χ3v) is 5.57. The summed E-state index contributed by atoms with van der Waals surface area (Å²) in [5.74, 6) is -0.155. The van der Waals surface area contributed by atoms with Crippen molar-refractivity contribution in [3.8, 4) is 11.1 Å². The van der Waals surface area contributed by atoms with Crippen LogP contribution in [0.5, 0.6) is 0 Å². The lowest BCUT2D eigenvalue weighted by Crippen LogP contribution is -2.37. The highest BCUT2D eigenvalue weighted by atomic mass is 19.1. The van der Waals surface area contributed by atoms with E-state index in [-0.39, 0.29) is 5.82 Å². The van der Waals surface area contributed by atoms with Gasteiger partial charge in [0.25, 0.3) is 0 Å². The van der Waals surface area contributed by atoms with Gasteiger partial charge in [-0.05, 0) is 92.1 Å². The number of halogens is 1. The Balaban J connectivity index is 1.60. The van der Waals surface area contributed by atoms with Gasteiger partial charge in [0.05, 0.1) is 0 Å². The molecular formula is C21H24FN. The van der Waals surface area contributed by atoms with E-state index in [1.165, 1.54) is 61.9 Å². The van der Waals surface area contributed by atoms with Crippen molar-refractivity contribution in [2.45, 2.75) is 45.1 Å². The summed E-state index contributed by atoms with van der Waals surface area (Å²) in [6, 6.07) is 12.7. The van der Waals surface area contributed by atoms with Crippen molar-refractivity contribution >= 4 is 0 Å². The largest absolute Gasteiger partial charge is 0.300 e. The average molecular weight is 309 g/mol. The molecule has 1 heterocycles. The lowest BCUT2D eigenvalue weighted by Gasteiger charge is -2.32. The lowest BCUT2D eigenvalue weighted by atomic mass is 9.85. The summed E-state index contributed by atoms with van der Waals surface area (Å²) in [6.07, 6.45) is 6.37. The number of aryl methyl sites for hydroxylation is 2. The standard InChI is InChI=1S/C21H24FN/c1-15-12-19(22)7-9-21(15)18-5-4-17-14-20(8-6-16(17)13-18)23-10-2-3-11-23/h4-5,7,9,12-13,20H,2-3,6,8,10-11,14H2,1H3. The van der Waals surface area contributed by atoms with E-state index in [0.29, 0.717) is 0 Å². The van der Waals surface area contributed by atoms with Crippen molar-refractivity contribution in [3.05, 3.63) is 58.9 Å². The third kappa shape index (κ3) is 2.92. The molecule has 2 aliphatic rings. The minimum atomic E-state index is -0.155. The van der Waals surface area contributed by atoms with Crippen LogP contribution in [0.2, 0.25) is 0 Å². The van der Waals surface area contributed by atoms with Crippen molar-refractivity contribution in [2.24, 2.45) is 0 Å². The number of nitrogens with zero attached hydrogens (tertiary/aromatic N) is 1. The average Bonchev–Trinajstić information content (AvgIpc) is 3.08. The number of fused-ring (bicyclic) bond motifs is 1. The summed E-state index contributed by atoms with van der Waals surface area (Å²) < 4.78 is 13.3. The van der Waals surface area contributed by atoms with Gasteiger partial charge < -0.3 is 4.90 Å². The lowest BCUT2D eigenvalue weighted by molar-refractivity contribution is 0.222. The van der Waals surface area contributed by atoms with Gasteiger partial charge in [-0.1, -0.05) is 24.3 Å². The van der Waals surface area contributed by atoms with Crippen LogP contribution < -0.4 is 0 Å². The minimum Gasteiger partial charge on any atom is -0.300 e. The molecule has 0 radical (unpaired) electrons. The summed E-state index contributed by atoms with van der Waals surface area (Å²) >= 11 is 0. The molecule has 120 valence electrons. The van der Waals surface area contributed by atoms with Crippen LogP contribution in [-0.4, -0.2) is 24.0 Å². The Morgan fingerprint density at radius 2 is 1.83 bits per heavy atom. The van der Waals surface area contributed by atoms with Crippen molar-refractivity contribution < 1.29 is 4.39 Å². The fourth-order valence-corrected chi connectivity index (χ4v) is 4.27. The fraction of sp³-hybridized carbons (Fsp3) is 0.429. The predicted molar refractivity (Wildman–Crippen MR) is 93.2 cm³/mol. The molecule has 4 rings (SSSR count). The van der Waals surface area contributed by atoms with Gasteiger partial charge in [-0.25, -0.2) is 4.39 Å². The van der Waals surface area contributed by atoms with Gasteiger partial charge in [-0.2, -0.15) is 0 Å². The molecule has 2 heteroatoms. The van der Waals surface area contributed by atoms with Gasteiger partial charge >= 0.3 is 0 Å². The van der Waals surface area contributed by atoms with Gasteiger partial charge in [-0.3, -0.25) is 0 Å². The van der Waals surface area contributed by atoms with Crippen molar-refractivity contribution in [1.29, 1.82) is 0 Å². The van der Waals surface area contributed by atoms with E-state index in [0.717, 1.165) is 17.2 Å². The first kappa shape index (κ1) is 14.9. The zero-order chi connectivity index (χ0) is 15.8. The molecule has 0 spiro atoms. The van der Waals surface area contributed by atoms with Crippen LogP contribution in [0, 0.1) is 12.7 Å². The Kier molecular flexibility index (Phi) is 3.94. The van der Waals surface area contributed by atoms with Gasteiger partial charge in [-0.15, -0.1) is 0 Å². The summed E-state index contributed by atoms with van der Waals surface area (Å²) in [5, 5.41) is 0. The molecule has 1 nitrogen and oxygen atoms in total. The molecule has 2 aromatic carbocycles. The molecule has 1 atom stereocenters. The molecule has 0 saturated carbocycles. The first-order valence-electron chi connectivity index (χ1n) is 8.83. The second-order valence-electron chi connectivity index (χ2n) is 7.08. The molecule has 1 aliphatic carbocycles. The van der Waals surface area contributed by atoms with Crippen LogP contribution in [0.25, 0.3) is 11.1 Å². The molecule has 1 saturated heterocycles. The second-order valence-corrected chi connectivity index (χ2v) is 7.08. The van der Waals surface area contributed by atoms with Crippen LogP contribution in [0.1, 0.15) is 36.0 Å². The van der Waals surface area contributed by atoms with Crippen LogP contribution >= 0.6 is 0 Å².